The van der Waals surface area contributed by atoms with Crippen LogP contribution in [-0.2, 0) is 6.61 Å². The summed E-state index contributed by atoms with van der Waals surface area (Å²) in [6.07, 6.45) is 1.84. The Morgan fingerprint density at radius 1 is 0.931 bits per heavy atom. The Morgan fingerprint density at radius 3 is 2.52 bits per heavy atom. The SMILES string of the molecule is CCOc1cc(C=Nc2cccc(C)c2C)ccc1OCc1ccc(Cl)cc1Cl. The topological polar surface area (TPSA) is 30.8 Å². The van der Waals surface area contributed by atoms with Gasteiger partial charge in [-0.25, -0.2) is 0 Å². The van der Waals surface area contributed by atoms with Gasteiger partial charge in [-0.1, -0.05) is 41.4 Å². The van der Waals surface area contributed by atoms with Gasteiger partial charge in [-0.3, -0.25) is 4.99 Å². The minimum Gasteiger partial charge on any atom is -0.490 e. The zero-order valence-corrected chi connectivity index (χ0v) is 18.2. The summed E-state index contributed by atoms with van der Waals surface area (Å²) in [6.45, 7) is 6.96. The summed E-state index contributed by atoms with van der Waals surface area (Å²) in [5, 5.41) is 1.17. The monoisotopic (exact) mass is 427 g/mol. The highest BCUT2D eigenvalue weighted by atomic mass is 35.5. The molecule has 0 saturated heterocycles. The van der Waals surface area contributed by atoms with Gasteiger partial charge in [-0.05, 0) is 73.9 Å². The van der Waals surface area contributed by atoms with Crippen molar-refractivity contribution in [3.8, 4) is 11.5 Å². The smallest absolute Gasteiger partial charge is 0.161 e. The molecule has 0 saturated carbocycles. The van der Waals surface area contributed by atoms with Crippen molar-refractivity contribution in [1.29, 1.82) is 0 Å². The molecule has 3 nitrogen and oxygen atoms in total. The zero-order chi connectivity index (χ0) is 20.8. The standard InChI is InChI=1S/C24H23Cl2NO2/c1-4-28-24-12-18(14-27-22-7-5-6-16(2)17(22)3)8-11-23(24)29-15-19-9-10-20(25)13-21(19)26/h5-14H,4,15H2,1-3H3. The third kappa shape index (κ3) is 5.53. The van der Waals surface area contributed by atoms with E-state index in [9.17, 15) is 0 Å². The van der Waals surface area contributed by atoms with Crippen LogP contribution >= 0.6 is 23.2 Å². The fraction of sp³-hybridized carbons (Fsp3) is 0.208. The minimum atomic E-state index is 0.325. The maximum absolute atomic E-state index is 6.23. The molecule has 3 aromatic rings. The molecule has 0 aliphatic heterocycles. The van der Waals surface area contributed by atoms with Crippen molar-refractivity contribution in [2.45, 2.75) is 27.4 Å². The van der Waals surface area contributed by atoms with E-state index in [-0.39, 0.29) is 0 Å². The average molecular weight is 428 g/mol. The van der Waals surface area contributed by atoms with Gasteiger partial charge in [0.2, 0.25) is 0 Å². The number of hydrogen-bond donors (Lipinski definition) is 0. The Labute approximate surface area is 181 Å². The molecule has 0 aliphatic rings. The Balaban J connectivity index is 1.79. The maximum Gasteiger partial charge on any atom is 0.161 e. The first-order valence-electron chi connectivity index (χ1n) is 9.41. The summed E-state index contributed by atoms with van der Waals surface area (Å²) >= 11 is 12.2. The molecule has 29 heavy (non-hydrogen) atoms. The van der Waals surface area contributed by atoms with Crippen LogP contribution in [0.2, 0.25) is 10.0 Å². The fourth-order valence-corrected chi connectivity index (χ4v) is 3.27. The van der Waals surface area contributed by atoms with Crippen molar-refractivity contribution in [2.75, 3.05) is 6.61 Å². The molecule has 0 aromatic heterocycles. The minimum absolute atomic E-state index is 0.325. The number of rotatable bonds is 7. The molecule has 5 heteroatoms. The third-order valence-corrected chi connectivity index (χ3v) is 5.18. The quantitative estimate of drug-likeness (QED) is 0.369. The number of aliphatic imine (C=N–C) groups is 1. The normalized spacial score (nSPS) is 11.1. The summed E-state index contributed by atoms with van der Waals surface area (Å²) in [5.74, 6) is 1.32. The van der Waals surface area contributed by atoms with Crippen molar-refractivity contribution in [3.63, 3.8) is 0 Å². The van der Waals surface area contributed by atoms with Gasteiger partial charge in [0.15, 0.2) is 11.5 Å². The lowest BCUT2D eigenvalue weighted by molar-refractivity contribution is 0.269. The summed E-state index contributed by atoms with van der Waals surface area (Å²) in [5.41, 5.74) is 5.15. The molecule has 150 valence electrons. The summed E-state index contributed by atoms with van der Waals surface area (Å²) in [7, 11) is 0. The number of ether oxygens (including phenoxy) is 2. The van der Waals surface area contributed by atoms with Crippen LogP contribution in [0, 0.1) is 13.8 Å². The molecule has 0 heterocycles. The van der Waals surface area contributed by atoms with E-state index in [0.29, 0.717) is 34.8 Å². The van der Waals surface area contributed by atoms with Gasteiger partial charge in [0.25, 0.3) is 0 Å². The highest BCUT2D eigenvalue weighted by molar-refractivity contribution is 6.35. The summed E-state index contributed by atoms with van der Waals surface area (Å²) < 4.78 is 11.7. The predicted molar refractivity (Wildman–Crippen MR) is 122 cm³/mol. The lowest BCUT2D eigenvalue weighted by Crippen LogP contribution is -2.01. The molecular weight excluding hydrogens is 405 g/mol. The molecule has 0 spiro atoms. The van der Waals surface area contributed by atoms with E-state index >= 15 is 0 Å². The highest BCUT2D eigenvalue weighted by Gasteiger charge is 2.09. The molecule has 0 bridgehead atoms. The van der Waals surface area contributed by atoms with Crippen LogP contribution in [0.4, 0.5) is 5.69 Å². The molecule has 0 fully saturated rings. The number of benzene rings is 3. The molecular formula is C24H23Cl2NO2. The maximum atomic E-state index is 6.23. The van der Waals surface area contributed by atoms with Crippen molar-refractivity contribution >= 4 is 35.1 Å². The zero-order valence-electron chi connectivity index (χ0n) is 16.7. The second kappa shape index (κ2) is 9.82. The summed E-state index contributed by atoms with van der Waals surface area (Å²) in [4.78, 5) is 4.63. The molecule has 0 N–H and O–H groups in total. The first kappa shape index (κ1) is 21.2. The first-order valence-corrected chi connectivity index (χ1v) is 10.2. The fourth-order valence-electron chi connectivity index (χ4n) is 2.81. The molecule has 3 aromatic carbocycles. The van der Waals surface area contributed by atoms with Crippen molar-refractivity contribution in [2.24, 2.45) is 4.99 Å². The second-order valence-electron chi connectivity index (χ2n) is 6.64. The van der Waals surface area contributed by atoms with Crippen molar-refractivity contribution in [1.82, 2.24) is 0 Å². The largest absolute Gasteiger partial charge is 0.490 e. The Kier molecular flexibility index (Phi) is 7.18. The number of hydrogen-bond acceptors (Lipinski definition) is 3. The second-order valence-corrected chi connectivity index (χ2v) is 7.48. The van der Waals surface area contributed by atoms with Gasteiger partial charge < -0.3 is 9.47 Å². The van der Waals surface area contributed by atoms with Crippen LogP contribution in [-0.4, -0.2) is 12.8 Å². The van der Waals surface area contributed by atoms with E-state index in [0.717, 1.165) is 16.8 Å². The summed E-state index contributed by atoms with van der Waals surface area (Å²) in [6, 6.07) is 17.2. The van der Waals surface area contributed by atoms with Gasteiger partial charge in [0.05, 0.1) is 12.3 Å². The lowest BCUT2D eigenvalue weighted by atomic mass is 10.1. The predicted octanol–water partition coefficient (Wildman–Crippen LogP) is 7.34. The number of nitrogens with zero attached hydrogens (tertiary/aromatic N) is 1. The molecule has 0 aliphatic carbocycles. The highest BCUT2D eigenvalue weighted by Crippen LogP contribution is 2.30. The van der Waals surface area contributed by atoms with Crippen LogP contribution in [0.1, 0.15) is 29.2 Å². The van der Waals surface area contributed by atoms with E-state index in [1.165, 1.54) is 11.1 Å². The molecule has 3 rings (SSSR count). The molecule has 0 radical (unpaired) electrons. The van der Waals surface area contributed by atoms with Gasteiger partial charge in [0.1, 0.15) is 6.61 Å². The Hall–Kier alpha value is -2.49. The van der Waals surface area contributed by atoms with E-state index in [1.807, 2.05) is 49.5 Å². The molecule has 0 amide bonds. The van der Waals surface area contributed by atoms with E-state index < -0.39 is 0 Å². The van der Waals surface area contributed by atoms with Crippen LogP contribution in [0.3, 0.4) is 0 Å². The molecule has 0 unspecified atom stereocenters. The first-order chi connectivity index (χ1) is 14.0. The Morgan fingerprint density at radius 2 is 1.76 bits per heavy atom. The van der Waals surface area contributed by atoms with Gasteiger partial charge in [-0.15, -0.1) is 0 Å². The van der Waals surface area contributed by atoms with Gasteiger partial charge in [0, 0.05) is 21.8 Å². The van der Waals surface area contributed by atoms with E-state index in [1.54, 1.807) is 12.1 Å². The van der Waals surface area contributed by atoms with Crippen molar-refractivity contribution in [3.05, 3.63) is 86.9 Å². The third-order valence-electron chi connectivity index (χ3n) is 4.59. The van der Waals surface area contributed by atoms with E-state index in [4.69, 9.17) is 32.7 Å². The van der Waals surface area contributed by atoms with Crippen LogP contribution in [0.25, 0.3) is 0 Å². The molecule has 0 atom stereocenters. The van der Waals surface area contributed by atoms with Crippen LogP contribution in [0.5, 0.6) is 11.5 Å². The lowest BCUT2D eigenvalue weighted by Gasteiger charge is -2.13. The van der Waals surface area contributed by atoms with E-state index in [2.05, 4.69) is 24.9 Å². The van der Waals surface area contributed by atoms with Gasteiger partial charge >= 0.3 is 0 Å². The van der Waals surface area contributed by atoms with Crippen LogP contribution in [0.15, 0.2) is 59.6 Å². The van der Waals surface area contributed by atoms with Crippen LogP contribution < -0.4 is 9.47 Å². The van der Waals surface area contributed by atoms with Gasteiger partial charge in [-0.2, -0.15) is 0 Å². The average Bonchev–Trinajstić information content (AvgIpc) is 2.70. The Bertz CT molecular complexity index is 1030. The number of aryl methyl sites for hydroxylation is 1. The van der Waals surface area contributed by atoms with Crippen molar-refractivity contribution < 1.29 is 9.47 Å². The number of halogens is 2.